The molecule has 0 aliphatic rings. The maximum absolute atomic E-state index is 11.9. The van der Waals surface area contributed by atoms with Crippen LogP contribution in [-0.4, -0.2) is 23.1 Å². The van der Waals surface area contributed by atoms with Crippen LogP contribution < -0.4 is 4.74 Å². The average Bonchev–Trinajstić information content (AvgIpc) is 2.46. The third kappa shape index (κ3) is 3.17. The van der Waals surface area contributed by atoms with Crippen LogP contribution in [0.4, 0.5) is 0 Å². The van der Waals surface area contributed by atoms with Gasteiger partial charge in [0.2, 0.25) is 0 Å². The Morgan fingerprint density at radius 1 is 1.10 bits per heavy atom. The van der Waals surface area contributed by atoms with E-state index < -0.39 is 0 Å². The second-order valence-electron chi connectivity index (χ2n) is 4.17. The maximum Gasteiger partial charge on any atom is 0.185 e. The van der Waals surface area contributed by atoms with Gasteiger partial charge in [-0.05, 0) is 48.6 Å². The van der Waals surface area contributed by atoms with Crippen LogP contribution >= 0.6 is 0 Å². The zero-order valence-corrected chi connectivity index (χ0v) is 10.9. The number of carbonyl (C=O) groups is 1. The van der Waals surface area contributed by atoms with Crippen molar-refractivity contribution >= 4 is 11.9 Å². The molecule has 102 valence electrons. The molecule has 0 aromatic heterocycles. The fourth-order valence-electron chi connectivity index (χ4n) is 1.69. The molecule has 0 aliphatic carbocycles. The van der Waals surface area contributed by atoms with Gasteiger partial charge >= 0.3 is 0 Å². The molecule has 0 radical (unpaired) electrons. The first-order valence-corrected chi connectivity index (χ1v) is 5.98. The third-order valence-corrected chi connectivity index (χ3v) is 2.80. The summed E-state index contributed by atoms with van der Waals surface area (Å²) in [6.45, 7) is 0. The fraction of sp³-hybridized carbons (Fsp3) is 0.0625. The van der Waals surface area contributed by atoms with Gasteiger partial charge in [0.1, 0.15) is 17.2 Å². The van der Waals surface area contributed by atoms with E-state index in [4.69, 9.17) is 4.74 Å². The van der Waals surface area contributed by atoms with Gasteiger partial charge in [-0.3, -0.25) is 4.79 Å². The molecule has 0 bridgehead atoms. The monoisotopic (exact) mass is 270 g/mol. The minimum Gasteiger partial charge on any atom is -0.508 e. The van der Waals surface area contributed by atoms with E-state index >= 15 is 0 Å². The molecule has 0 spiro atoms. The lowest BCUT2D eigenvalue weighted by molar-refractivity contribution is 0.104. The zero-order valence-electron chi connectivity index (χ0n) is 10.9. The Kier molecular flexibility index (Phi) is 4.05. The Labute approximate surface area is 116 Å². The van der Waals surface area contributed by atoms with Crippen molar-refractivity contribution in [2.45, 2.75) is 0 Å². The number of allylic oxidation sites excluding steroid dienone is 1. The standard InChI is InChI=1S/C16H14O4/c1-20-14-7-3-11(4-8-14)15(18)9-5-12-2-6-13(17)10-16(12)19/h2-10,17,19H,1H3. The number of carbonyl (C=O) groups excluding carboxylic acids is 1. The minimum absolute atomic E-state index is 0.0267. The number of phenols is 2. The van der Waals surface area contributed by atoms with E-state index in [1.807, 2.05) is 0 Å². The second kappa shape index (κ2) is 5.93. The van der Waals surface area contributed by atoms with Crippen LogP contribution in [0.1, 0.15) is 15.9 Å². The Bertz CT molecular complexity index is 642. The predicted molar refractivity (Wildman–Crippen MR) is 76.1 cm³/mol. The first kappa shape index (κ1) is 13.7. The third-order valence-electron chi connectivity index (χ3n) is 2.80. The molecule has 0 heterocycles. The van der Waals surface area contributed by atoms with Crippen LogP contribution in [0, 0.1) is 0 Å². The van der Waals surface area contributed by atoms with Crippen molar-refractivity contribution in [3.8, 4) is 17.2 Å². The summed E-state index contributed by atoms with van der Waals surface area (Å²) in [5, 5.41) is 18.8. The van der Waals surface area contributed by atoms with Crippen LogP contribution in [0.25, 0.3) is 6.08 Å². The lowest BCUT2D eigenvalue weighted by atomic mass is 10.1. The number of hydrogen-bond acceptors (Lipinski definition) is 4. The molecule has 4 nitrogen and oxygen atoms in total. The number of ether oxygens (including phenoxy) is 1. The summed E-state index contributed by atoms with van der Waals surface area (Å²) >= 11 is 0. The number of benzene rings is 2. The first-order valence-electron chi connectivity index (χ1n) is 5.98. The highest BCUT2D eigenvalue weighted by Gasteiger charge is 2.03. The Morgan fingerprint density at radius 2 is 1.80 bits per heavy atom. The molecule has 2 N–H and O–H groups in total. The largest absolute Gasteiger partial charge is 0.508 e. The van der Waals surface area contributed by atoms with Gasteiger partial charge in [-0.2, -0.15) is 0 Å². The Balaban J connectivity index is 2.15. The SMILES string of the molecule is COc1ccc(C(=O)C=Cc2ccc(O)cc2O)cc1. The maximum atomic E-state index is 11.9. The van der Waals surface area contributed by atoms with E-state index in [1.165, 1.54) is 30.4 Å². The minimum atomic E-state index is -0.180. The molecule has 2 aromatic carbocycles. The van der Waals surface area contributed by atoms with E-state index in [2.05, 4.69) is 0 Å². The number of ketones is 1. The lowest BCUT2D eigenvalue weighted by Gasteiger charge is -2.01. The van der Waals surface area contributed by atoms with Crippen molar-refractivity contribution in [1.82, 2.24) is 0 Å². The van der Waals surface area contributed by atoms with Crippen molar-refractivity contribution in [1.29, 1.82) is 0 Å². The molecule has 2 rings (SSSR count). The van der Waals surface area contributed by atoms with Crippen LogP contribution in [0.15, 0.2) is 48.5 Å². The lowest BCUT2D eigenvalue weighted by Crippen LogP contribution is -1.94. The van der Waals surface area contributed by atoms with Crippen molar-refractivity contribution < 1.29 is 19.7 Å². The molecule has 0 amide bonds. The van der Waals surface area contributed by atoms with Crippen LogP contribution in [0.5, 0.6) is 17.2 Å². The molecule has 0 saturated carbocycles. The quantitative estimate of drug-likeness (QED) is 0.662. The summed E-state index contributed by atoms with van der Waals surface area (Å²) < 4.78 is 5.02. The van der Waals surface area contributed by atoms with E-state index in [0.717, 1.165) is 0 Å². The van der Waals surface area contributed by atoms with Gasteiger partial charge in [0.25, 0.3) is 0 Å². The van der Waals surface area contributed by atoms with Gasteiger partial charge in [0.05, 0.1) is 7.11 Å². The van der Waals surface area contributed by atoms with Gasteiger partial charge in [-0.1, -0.05) is 0 Å². The summed E-state index contributed by atoms with van der Waals surface area (Å²) in [5.74, 6) is 0.395. The van der Waals surface area contributed by atoms with Crippen molar-refractivity contribution in [3.05, 3.63) is 59.7 Å². The van der Waals surface area contributed by atoms with Crippen molar-refractivity contribution in [2.75, 3.05) is 7.11 Å². The molecular weight excluding hydrogens is 256 g/mol. The van der Waals surface area contributed by atoms with E-state index in [1.54, 1.807) is 31.4 Å². The highest BCUT2D eigenvalue weighted by atomic mass is 16.5. The number of rotatable bonds is 4. The van der Waals surface area contributed by atoms with E-state index in [-0.39, 0.29) is 17.3 Å². The first-order chi connectivity index (χ1) is 9.60. The summed E-state index contributed by atoms with van der Waals surface area (Å²) in [6, 6.07) is 10.9. The fourth-order valence-corrected chi connectivity index (χ4v) is 1.69. The second-order valence-corrected chi connectivity index (χ2v) is 4.17. The van der Waals surface area contributed by atoms with Gasteiger partial charge < -0.3 is 14.9 Å². The molecule has 0 fully saturated rings. The summed E-state index contributed by atoms with van der Waals surface area (Å²) in [4.78, 5) is 11.9. The molecule has 0 saturated heterocycles. The topological polar surface area (TPSA) is 66.8 Å². The average molecular weight is 270 g/mol. The summed E-state index contributed by atoms with van der Waals surface area (Å²) in [5.41, 5.74) is 0.991. The van der Waals surface area contributed by atoms with Crippen molar-refractivity contribution in [2.24, 2.45) is 0 Å². The summed E-state index contributed by atoms with van der Waals surface area (Å²) in [6.07, 6.45) is 2.87. The van der Waals surface area contributed by atoms with Gasteiger partial charge in [-0.25, -0.2) is 0 Å². The van der Waals surface area contributed by atoms with Gasteiger partial charge in [0.15, 0.2) is 5.78 Å². The molecule has 0 aliphatic heterocycles. The highest BCUT2D eigenvalue weighted by Crippen LogP contribution is 2.23. The molecule has 4 heteroatoms. The zero-order chi connectivity index (χ0) is 14.5. The number of aromatic hydroxyl groups is 2. The van der Waals surface area contributed by atoms with Gasteiger partial charge in [-0.15, -0.1) is 0 Å². The summed E-state index contributed by atoms with van der Waals surface area (Å²) in [7, 11) is 1.56. The number of hydrogen-bond donors (Lipinski definition) is 2. The van der Waals surface area contributed by atoms with E-state index in [9.17, 15) is 15.0 Å². The van der Waals surface area contributed by atoms with E-state index in [0.29, 0.717) is 16.9 Å². The predicted octanol–water partition coefficient (Wildman–Crippen LogP) is 3.00. The van der Waals surface area contributed by atoms with Crippen LogP contribution in [0.3, 0.4) is 0 Å². The number of methoxy groups -OCH3 is 1. The Morgan fingerprint density at radius 3 is 2.40 bits per heavy atom. The molecular formula is C16H14O4. The Hall–Kier alpha value is -2.75. The van der Waals surface area contributed by atoms with Crippen LogP contribution in [0.2, 0.25) is 0 Å². The number of phenolic OH excluding ortho intramolecular Hbond substituents is 2. The molecule has 0 atom stereocenters. The molecule has 0 unspecified atom stereocenters. The molecule has 20 heavy (non-hydrogen) atoms. The highest BCUT2D eigenvalue weighted by molar-refractivity contribution is 6.07. The molecule has 2 aromatic rings. The smallest absolute Gasteiger partial charge is 0.185 e. The normalized spacial score (nSPS) is 10.7. The van der Waals surface area contributed by atoms with Gasteiger partial charge in [0, 0.05) is 17.2 Å². The van der Waals surface area contributed by atoms with Crippen molar-refractivity contribution in [3.63, 3.8) is 0 Å². The van der Waals surface area contributed by atoms with Crippen LogP contribution in [-0.2, 0) is 0 Å².